The van der Waals surface area contributed by atoms with Crippen LogP contribution in [0.3, 0.4) is 0 Å². The molecule has 0 aromatic rings. The van der Waals surface area contributed by atoms with Gasteiger partial charge in [-0.2, -0.15) is 0 Å². The lowest BCUT2D eigenvalue weighted by Gasteiger charge is -2.12. The van der Waals surface area contributed by atoms with E-state index < -0.39 is 6.36 Å². The number of hydrogen-bond donors (Lipinski definition) is 1. The minimum Gasteiger partial charge on any atom is -0.490 e. The maximum atomic E-state index is 12.0. The van der Waals surface area contributed by atoms with Crippen molar-refractivity contribution < 1.29 is 27.4 Å². The number of hydrogen-bond acceptors (Lipinski definition) is 3. The molecule has 1 fully saturated rings. The molecule has 1 amide bonds. The van der Waals surface area contributed by atoms with Gasteiger partial charge in [-0.15, -0.1) is 13.2 Å². The molecule has 2 aliphatic rings. The molecule has 0 spiro atoms. The zero-order valence-corrected chi connectivity index (χ0v) is 23.2. The Morgan fingerprint density at radius 2 is 1.97 bits per heavy atom. The van der Waals surface area contributed by atoms with Gasteiger partial charge in [0.2, 0.25) is 5.91 Å². The molecule has 1 unspecified atom stereocenters. The van der Waals surface area contributed by atoms with Gasteiger partial charge in [0.05, 0.1) is 6.04 Å². The van der Waals surface area contributed by atoms with Gasteiger partial charge in [0.1, 0.15) is 18.1 Å². The molecule has 210 valence electrons. The number of ether oxygens (including phenoxy) is 2. The molecule has 1 aliphatic carbocycles. The Morgan fingerprint density at radius 1 is 1.26 bits per heavy atom. The topological polar surface area (TPSA) is 47.6 Å². The highest BCUT2D eigenvalue weighted by Crippen LogP contribution is 2.24. The van der Waals surface area contributed by atoms with Crippen LogP contribution in [0.4, 0.5) is 13.2 Å². The van der Waals surface area contributed by atoms with Crippen LogP contribution in [-0.4, -0.2) is 24.9 Å². The Bertz CT molecular complexity index is 977. The van der Waals surface area contributed by atoms with Crippen LogP contribution >= 0.6 is 0 Å². The molecule has 1 N–H and O–H groups in total. The summed E-state index contributed by atoms with van der Waals surface area (Å²) < 4.78 is 44.8. The highest BCUT2D eigenvalue weighted by atomic mass is 19.4. The summed E-state index contributed by atoms with van der Waals surface area (Å²) in [6.45, 7) is 17.0. The Labute approximate surface area is 226 Å². The van der Waals surface area contributed by atoms with E-state index in [1.54, 1.807) is 6.92 Å². The number of amides is 1. The van der Waals surface area contributed by atoms with E-state index in [-0.39, 0.29) is 24.3 Å². The molecule has 0 aromatic carbocycles. The van der Waals surface area contributed by atoms with Crippen LogP contribution in [0.1, 0.15) is 60.3 Å². The molecule has 0 saturated carbocycles. The lowest BCUT2D eigenvalue weighted by Crippen LogP contribution is -2.26. The molecular weight excluding hydrogens is 491 g/mol. The van der Waals surface area contributed by atoms with E-state index in [1.165, 1.54) is 53.2 Å². The summed E-state index contributed by atoms with van der Waals surface area (Å²) in [6.07, 6.45) is 18.1. The molecule has 1 saturated heterocycles. The molecule has 4 nitrogen and oxygen atoms in total. The second-order valence-electron chi connectivity index (χ2n) is 7.95. The molecule has 1 heterocycles. The van der Waals surface area contributed by atoms with Crippen molar-refractivity contribution in [2.45, 2.75) is 72.7 Å². The number of allylic oxidation sites excluding steroid dienone is 12. The fourth-order valence-corrected chi connectivity index (χ4v) is 3.33. The van der Waals surface area contributed by atoms with Gasteiger partial charge < -0.3 is 14.8 Å². The number of nitrogens with one attached hydrogen (secondary N) is 1. The maximum absolute atomic E-state index is 12.0. The van der Waals surface area contributed by atoms with Gasteiger partial charge in [-0.3, -0.25) is 4.79 Å². The van der Waals surface area contributed by atoms with E-state index in [2.05, 4.69) is 67.4 Å². The third-order valence-electron chi connectivity index (χ3n) is 5.09. The summed E-state index contributed by atoms with van der Waals surface area (Å²) in [7, 11) is 0. The number of halogens is 3. The second kappa shape index (κ2) is 19.6. The molecule has 1 atom stereocenters. The lowest BCUT2D eigenvalue weighted by molar-refractivity contribution is -0.303. The van der Waals surface area contributed by atoms with Crippen LogP contribution in [0, 0.1) is 0 Å². The van der Waals surface area contributed by atoms with Gasteiger partial charge in [-0.25, -0.2) is 0 Å². The first-order chi connectivity index (χ1) is 18.1. The lowest BCUT2D eigenvalue weighted by atomic mass is 10.0. The highest BCUT2D eigenvalue weighted by molar-refractivity contribution is 5.79. The van der Waals surface area contributed by atoms with Crippen molar-refractivity contribution in [3.8, 4) is 0 Å². The third-order valence-corrected chi connectivity index (χ3v) is 5.09. The molecule has 0 aromatic heterocycles. The summed E-state index contributed by atoms with van der Waals surface area (Å²) in [5.74, 6) is 0.271. The standard InChI is InChI=1S/C16H21NO.C13H15F3O2.C2H6/c1-3-5-12(2)13-6-4-7-14(9-8-13)15-10-11-16(18)17-15;1-4-8-12(18-13(14,15)16)9-6-7-10-17-11(3)5-2;1-2/h4-6,8-9,15H,3,7,10-11H2,1-2H3,(H,17,18);4-9H,2-3,10H2,1H3;1-2H3/b12-5+;7-6+,8-4-,12-9+;. The van der Waals surface area contributed by atoms with E-state index in [0.29, 0.717) is 12.2 Å². The number of carbonyl (C=O) groups is 1. The number of carbonyl (C=O) groups excluding carboxylic acids is 1. The van der Waals surface area contributed by atoms with Crippen molar-refractivity contribution in [1.29, 1.82) is 0 Å². The van der Waals surface area contributed by atoms with Gasteiger partial charge in [0, 0.05) is 6.42 Å². The van der Waals surface area contributed by atoms with Crippen molar-refractivity contribution in [1.82, 2.24) is 5.32 Å². The molecule has 0 radical (unpaired) electrons. The summed E-state index contributed by atoms with van der Waals surface area (Å²) >= 11 is 0. The summed E-state index contributed by atoms with van der Waals surface area (Å²) in [6, 6.07) is 0.244. The zero-order chi connectivity index (χ0) is 29.0. The van der Waals surface area contributed by atoms with E-state index in [4.69, 9.17) is 4.74 Å². The fourth-order valence-electron chi connectivity index (χ4n) is 3.33. The van der Waals surface area contributed by atoms with Crippen LogP contribution in [0.5, 0.6) is 0 Å². The summed E-state index contributed by atoms with van der Waals surface area (Å²) in [5, 5.41) is 3.04. The van der Waals surface area contributed by atoms with Gasteiger partial charge in [0.25, 0.3) is 0 Å². The molecule has 1 aliphatic heterocycles. The highest BCUT2D eigenvalue weighted by Gasteiger charge is 2.31. The normalized spacial score (nSPS) is 17.9. The average Bonchev–Trinajstić information content (AvgIpc) is 3.15. The third kappa shape index (κ3) is 15.6. The molecular formula is C31H42F3NO3. The quantitative estimate of drug-likeness (QED) is 0.226. The zero-order valence-electron chi connectivity index (χ0n) is 23.2. The van der Waals surface area contributed by atoms with Crippen LogP contribution in [-0.2, 0) is 14.3 Å². The Morgan fingerprint density at radius 3 is 2.53 bits per heavy atom. The van der Waals surface area contributed by atoms with Gasteiger partial charge >= 0.3 is 6.36 Å². The minimum absolute atomic E-state index is 0.181. The van der Waals surface area contributed by atoms with E-state index in [9.17, 15) is 18.0 Å². The van der Waals surface area contributed by atoms with Crippen molar-refractivity contribution in [2.24, 2.45) is 0 Å². The van der Waals surface area contributed by atoms with Crippen LogP contribution in [0.15, 0.2) is 108 Å². The molecule has 7 heteroatoms. The van der Waals surface area contributed by atoms with E-state index in [0.717, 1.165) is 19.3 Å². The van der Waals surface area contributed by atoms with Gasteiger partial charge in [-0.05, 0) is 74.1 Å². The van der Waals surface area contributed by atoms with Crippen molar-refractivity contribution >= 4 is 5.91 Å². The molecule has 0 bridgehead atoms. The largest absolute Gasteiger partial charge is 0.573 e. The number of rotatable bonds is 10. The van der Waals surface area contributed by atoms with Crippen LogP contribution < -0.4 is 5.32 Å². The monoisotopic (exact) mass is 533 g/mol. The van der Waals surface area contributed by atoms with Gasteiger partial charge in [-0.1, -0.05) is 76.5 Å². The molecule has 38 heavy (non-hydrogen) atoms. The van der Waals surface area contributed by atoms with Crippen LogP contribution in [0.25, 0.3) is 0 Å². The van der Waals surface area contributed by atoms with Gasteiger partial charge in [0.15, 0.2) is 0 Å². The average molecular weight is 534 g/mol. The summed E-state index contributed by atoms with van der Waals surface area (Å²) in [4.78, 5) is 11.3. The first-order valence-electron chi connectivity index (χ1n) is 12.8. The Hall–Kier alpha value is -3.48. The summed E-state index contributed by atoms with van der Waals surface area (Å²) in [5.41, 5.74) is 3.91. The second-order valence-corrected chi connectivity index (χ2v) is 7.95. The first-order valence-corrected chi connectivity index (χ1v) is 12.8. The van der Waals surface area contributed by atoms with E-state index in [1.807, 2.05) is 13.8 Å². The Kier molecular flexibility index (Phi) is 17.8. The SMILES string of the molecule is C=CC(=C)OC/C=C/C=C(\C=C/C)OC(F)(F)F.CC.CC/C=C(\C)C1=CC=C(C2CCC(=O)N2)CC=C1. The smallest absolute Gasteiger partial charge is 0.490 e. The van der Waals surface area contributed by atoms with Crippen molar-refractivity contribution in [3.05, 3.63) is 108 Å². The van der Waals surface area contributed by atoms with E-state index >= 15 is 0 Å². The fraction of sp³-hybridized carbons (Fsp3) is 0.387. The minimum atomic E-state index is -4.70. The van der Waals surface area contributed by atoms with Crippen molar-refractivity contribution in [2.75, 3.05) is 6.61 Å². The predicted octanol–water partition coefficient (Wildman–Crippen LogP) is 8.72. The number of alkyl halides is 3. The first kappa shape index (κ1) is 34.5. The predicted molar refractivity (Wildman–Crippen MR) is 151 cm³/mol. The maximum Gasteiger partial charge on any atom is 0.573 e. The Balaban J connectivity index is 0.000000676. The van der Waals surface area contributed by atoms with Crippen molar-refractivity contribution in [3.63, 3.8) is 0 Å². The van der Waals surface area contributed by atoms with Crippen LogP contribution in [0.2, 0.25) is 0 Å². The molecule has 2 rings (SSSR count).